The summed E-state index contributed by atoms with van der Waals surface area (Å²) in [7, 11) is 0. The Labute approximate surface area is 152 Å². The van der Waals surface area contributed by atoms with Gasteiger partial charge < -0.3 is 14.7 Å². The molecular formula is C19H21N5O2. The molecule has 4 rings (SSSR count). The van der Waals surface area contributed by atoms with E-state index >= 15 is 0 Å². The van der Waals surface area contributed by atoms with Crippen molar-refractivity contribution in [1.82, 2.24) is 14.9 Å². The second-order valence-corrected chi connectivity index (χ2v) is 6.52. The molecule has 26 heavy (non-hydrogen) atoms. The van der Waals surface area contributed by atoms with Gasteiger partial charge in [-0.15, -0.1) is 0 Å². The average Bonchev–Trinajstić information content (AvgIpc) is 3.13. The average molecular weight is 351 g/mol. The van der Waals surface area contributed by atoms with Gasteiger partial charge in [0.25, 0.3) is 0 Å². The van der Waals surface area contributed by atoms with Crippen molar-refractivity contribution in [2.24, 2.45) is 0 Å². The van der Waals surface area contributed by atoms with E-state index in [1.165, 1.54) is 5.56 Å². The van der Waals surface area contributed by atoms with Gasteiger partial charge in [0.05, 0.1) is 0 Å². The van der Waals surface area contributed by atoms with Crippen molar-refractivity contribution in [1.29, 1.82) is 0 Å². The summed E-state index contributed by atoms with van der Waals surface area (Å²) in [5.74, 6) is 0.464. The number of hydrogen-bond donors (Lipinski definition) is 0. The van der Waals surface area contributed by atoms with Crippen LogP contribution in [0, 0.1) is 0 Å². The number of aromatic nitrogens is 2. The molecule has 2 amide bonds. The zero-order chi connectivity index (χ0) is 17.9. The quantitative estimate of drug-likeness (QED) is 0.775. The lowest BCUT2D eigenvalue weighted by atomic mass is 10.2. The molecule has 0 radical (unpaired) electrons. The zero-order valence-electron chi connectivity index (χ0n) is 14.5. The Morgan fingerprint density at radius 2 is 1.62 bits per heavy atom. The second kappa shape index (κ2) is 7.11. The first kappa shape index (κ1) is 16.5. The minimum absolute atomic E-state index is 0.0732. The van der Waals surface area contributed by atoms with Crippen LogP contribution in [-0.4, -0.2) is 59.4 Å². The largest absolute Gasteiger partial charge is 0.339 e. The highest BCUT2D eigenvalue weighted by atomic mass is 16.2. The highest BCUT2D eigenvalue weighted by Gasteiger charge is 2.28. The summed E-state index contributed by atoms with van der Waals surface area (Å²) in [4.78, 5) is 39.2. The lowest BCUT2D eigenvalue weighted by Gasteiger charge is -2.34. The molecule has 0 N–H and O–H groups in total. The number of fused-ring (bicyclic) bond motifs is 1. The van der Waals surface area contributed by atoms with Gasteiger partial charge in [0, 0.05) is 50.8 Å². The van der Waals surface area contributed by atoms with E-state index < -0.39 is 0 Å². The molecule has 0 spiro atoms. The molecule has 0 aliphatic carbocycles. The zero-order valence-corrected chi connectivity index (χ0v) is 14.5. The van der Waals surface area contributed by atoms with Crippen LogP contribution >= 0.6 is 0 Å². The molecule has 2 aliphatic rings. The van der Waals surface area contributed by atoms with Crippen LogP contribution < -0.4 is 9.80 Å². The number of anilines is 2. The summed E-state index contributed by atoms with van der Waals surface area (Å²) in [6, 6.07) is 9.68. The van der Waals surface area contributed by atoms with E-state index in [2.05, 4.69) is 14.9 Å². The standard InChI is InChI=1S/C19H21N5O2/c25-17(14-18(26)24-9-6-15-4-1-2-5-16(15)24)22-10-12-23(13-11-22)19-20-7-3-8-21-19/h1-5,7-8H,6,9-14H2. The number of carbonyl (C=O) groups excluding carboxylic acids is 2. The fraction of sp³-hybridized carbons (Fsp3) is 0.368. The van der Waals surface area contributed by atoms with Crippen LogP contribution in [-0.2, 0) is 16.0 Å². The number of carbonyl (C=O) groups is 2. The smallest absolute Gasteiger partial charge is 0.236 e. The number of piperazine rings is 1. The van der Waals surface area contributed by atoms with Crippen molar-refractivity contribution in [3.8, 4) is 0 Å². The van der Waals surface area contributed by atoms with Crippen LogP contribution in [0.15, 0.2) is 42.7 Å². The van der Waals surface area contributed by atoms with Crippen LogP contribution in [0.4, 0.5) is 11.6 Å². The number of nitrogens with zero attached hydrogens (tertiary/aromatic N) is 5. The highest BCUT2D eigenvalue weighted by Crippen LogP contribution is 2.28. The molecule has 7 heteroatoms. The van der Waals surface area contributed by atoms with Gasteiger partial charge in [0.15, 0.2) is 0 Å². The van der Waals surface area contributed by atoms with Gasteiger partial charge in [-0.25, -0.2) is 9.97 Å². The lowest BCUT2D eigenvalue weighted by molar-refractivity contribution is -0.135. The van der Waals surface area contributed by atoms with E-state index in [9.17, 15) is 9.59 Å². The van der Waals surface area contributed by atoms with Gasteiger partial charge in [0.2, 0.25) is 17.8 Å². The number of para-hydroxylation sites is 1. The summed E-state index contributed by atoms with van der Waals surface area (Å²) < 4.78 is 0. The fourth-order valence-corrected chi connectivity index (χ4v) is 3.54. The third-order valence-electron chi connectivity index (χ3n) is 4.96. The predicted molar refractivity (Wildman–Crippen MR) is 97.9 cm³/mol. The lowest BCUT2D eigenvalue weighted by Crippen LogP contribution is -2.50. The monoisotopic (exact) mass is 351 g/mol. The van der Waals surface area contributed by atoms with E-state index in [-0.39, 0.29) is 18.2 Å². The van der Waals surface area contributed by atoms with Crippen LogP contribution in [0.2, 0.25) is 0 Å². The van der Waals surface area contributed by atoms with E-state index in [0.717, 1.165) is 12.1 Å². The third kappa shape index (κ3) is 3.24. The summed E-state index contributed by atoms with van der Waals surface area (Å²) in [5.41, 5.74) is 2.11. The Balaban J connectivity index is 1.33. The minimum atomic E-state index is -0.117. The van der Waals surface area contributed by atoms with E-state index in [4.69, 9.17) is 0 Å². The first-order valence-corrected chi connectivity index (χ1v) is 8.90. The number of rotatable bonds is 3. The van der Waals surface area contributed by atoms with E-state index in [1.54, 1.807) is 28.3 Å². The molecule has 7 nitrogen and oxygen atoms in total. The molecule has 2 aliphatic heterocycles. The third-order valence-corrected chi connectivity index (χ3v) is 4.96. The van der Waals surface area contributed by atoms with Crippen molar-refractivity contribution in [2.75, 3.05) is 42.5 Å². The van der Waals surface area contributed by atoms with Gasteiger partial charge >= 0.3 is 0 Å². The molecule has 2 aromatic rings. The number of benzene rings is 1. The predicted octanol–water partition coefficient (Wildman–Crippen LogP) is 1.10. The van der Waals surface area contributed by atoms with Gasteiger partial charge in [-0.3, -0.25) is 9.59 Å². The van der Waals surface area contributed by atoms with Crippen LogP contribution in [0.5, 0.6) is 0 Å². The van der Waals surface area contributed by atoms with Gasteiger partial charge in [-0.05, 0) is 24.1 Å². The Bertz CT molecular complexity index is 803. The highest BCUT2D eigenvalue weighted by molar-refractivity contribution is 6.06. The summed E-state index contributed by atoms with van der Waals surface area (Å²) in [6.45, 7) is 3.18. The Kier molecular flexibility index (Phi) is 4.51. The maximum absolute atomic E-state index is 12.6. The molecule has 1 saturated heterocycles. The van der Waals surface area contributed by atoms with Crippen molar-refractivity contribution in [2.45, 2.75) is 12.8 Å². The number of hydrogen-bond acceptors (Lipinski definition) is 5. The molecular weight excluding hydrogens is 330 g/mol. The summed E-state index contributed by atoms with van der Waals surface area (Å²) in [5, 5.41) is 0. The molecule has 1 fully saturated rings. The van der Waals surface area contributed by atoms with Crippen molar-refractivity contribution in [3.05, 3.63) is 48.3 Å². The first-order valence-electron chi connectivity index (χ1n) is 8.90. The summed E-state index contributed by atoms with van der Waals surface area (Å²) >= 11 is 0. The molecule has 0 unspecified atom stereocenters. The molecule has 134 valence electrons. The van der Waals surface area contributed by atoms with Gasteiger partial charge in [-0.1, -0.05) is 18.2 Å². The van der Waals surface area contributed by atoms with Crippen molar-refractivity contribution >= 4 is 23.5 Å². The molecule has 0 bridgehead atoms. The Morgan fingerprint density at radius 1 is 0.885 bits per heavy atom. The minimum Gasteiger partial charge on any atom is -0.339 e. The SMILES string of the molecule is O=C(CC(=O)N1CCc2ccccc21)N1CCN(c2ncccn2)CC1. The molecule has 0 atom stereocenters. The normalized spacial score (nSPS) is 16.5. The van der Waals surface area contributed by atoms with E-state index in [0.29, 0.717) is 38.7 Å². The first-order chi connectivity index (χ1) is 12.7. The fourth-order valence-electron chi connectivity index (χ4n) is 3.54. The topological polar surface area (TPSA) is 69.6 Å². The maximum atomic E-state index is 12.6. The van der Waals surface area contributed by atoms with Crippen LogP contribution in [0.3, 0.4) is 0 Å². The van der Waals surface area contributed by atoms with Crippen LogP contribution in [0.25, 0.3) is 0 Å². The Morgan fingerprint density at radius 3 is 2.38 bits per heavy atom. The number of amides is 2. The summed E-state index contributed by atoms with van der Waals surface area (Å²) in [6.07, 6.45) is 4.21. The van der Waals surface area contributed by atoms with E-state index in [1.807, 2.05) is 24.3 Å². The molecule has 0 saturated carbocycles. The van der Waals surface area contributed by atoms with Crippen molar-refractivity contribution in [3.63, 3.8) is 0 Å². The Hall–Kier alpha value is -2.96. The second-order valence-electron chi connectivity index (χ2n) is 6.52. The van der Waals surface area contributed by atoms with Crippen molar-refractivity contribution < 1.29 is 9.59 Å². The van der Waals surface area contributed by atoms with Gasteiger partial charge in [-0.2, -0.15) is 0 Å². The molecule has 1 aromatic carbocycles. The molecule has 3 heterocycles. The van der Waals surface area contributed by atoms with Gasteiger partial charge in [0.1, 0.15) is 6.42 Å². The van der Waals surface area contributed by atoms with Crippen LogP contribution in [0.1, 0.15) is 12.0 Å². The maximum Gasteiger partial charge on any atom is 0.236 e. The molecule has 1 aromatic heterocycles.